The van der Waals surface area contributed by atoms with Gasteiger partial charge < -0.3 is 10.0 Å². The summed E-state index contributed by atoms with van der Waals surface area (Å²) in [5.41, 5.74) is -1.30. The fraction of sp³-hybridized carbons (Fsp3) is 0.667. The van der Waals surface area contributed by atoms with Crippen molar-refractivity contribution in [1.82, 2.24) is 14.8 Å². The summed E-state index contributed by atoms with van der Waals surface area (Å²) in [5, 5.41) is 9.17. The van der Waals surface area contributed by atoms with E-state index in [0.29, 0.717) is 17.9 Å². The first kappa shape index (κ1) is 16.2. The molecule has 1 fully saturated rings. The average molecular weight is 323 g/mol. The zero-order valence-electron chi connectivity index (χ0n) is 11.6. The highest BCUT2D eigenvalue weighted by atomic mass is 32.1. The van der Waals surface area contributed by atoms with Crippen LogP contribution in [0, 0.1) is 0 Å². The second kappa shape index (κ2) is 5.90. The number of likely N-dealkylation sites (N-methyl/N-ethyl adjacent to an activating group) is 2. The van der Waals surface area contributed by atoms with Gasteiger partial charge in [0.15, 0.2) is 5.69 Å². The molecule has 1 aromatic rings. The Balaban J connectivity index is 2.41. The van der Waals surface area contributed by atoms with Gasteiger partial charge in [0.05, 0.1) is 6.04 Å². The van der Waals surface area contributed by atoms with Crippen molar-refractivity contribution in [3.63, 3.8) is 0 Å². The van der Waals surface area contributed by atoms with Crippen LogP contribution in [0.5, 0.6) is 0 Å². The Labute approximate surface area is 124 Å². The van der Waals surface area contributed by atoms with E-state index >= 15 is 0 Å². The van der Waals surface area contributed by atoms with Crippen molar-refractivity contribution in [2.75, 3.05) is 33.7 Å². The molecule has 0 aromatic carbocycles. The largest absolute Gasteiger partial charge is 0.477 e. The third kappa shape index (κ3) is 3.53. The van der Waals surface area contributed by atoms with E-state index in [0.717, 1.165) is 19.5 Å². The Kier molecular flexibility index (Phi) is 4.54. The van der Waals surface area contributed by atoms with E-state index in [1.165, 1.54) is 0 Å². The quantitative estimate of drug-likeness (QED) is 0.904. The molecule has 1 aliphatic rings. The molecular weight excluding hydrogens is 307 g/mol. The van der Waals surface area contributed by atoms with Crippen LogP contribution in [0.1, 0.15) is 32.8 Å². The van der Waals surface area contributed by atoms with Gasteiger partial charge in [-0.3, -0.25) is 4.90 Å². The van der Waals surface area contributed by atoms with Crippen LogP contribution in [-0.2, 0) is 6.18 Å². The van der Waals surface area contributed by atoms with E-state index < -0.39 is 22.7 Å². The van der Waals surface area contributed by atoms with Gasteiger partial charge in [-0.05, 0) is 33.6 Å². The smallest absolute Gasteiger partial charge is 0.435 e. The molecule has 0 amide bonds. The molecule has 118 valence electrons. The van der Waals surface area contributed by atoms with Crippen molar-refractivity contribution in [3.05, 3.63) is 15.6 Å². The summed E-state index contributed by atoms with van der Waals surface area (Å²) in [5.74, 6) is -1.59. The first-order valence-corrected chi connectivity index (χ1v) is 7.21. The van der Waals surface area contributed by atoms with Crippen LogP contribution in [0.4, 0.5) is 13.2 Å². The van der Waals surface area contributed by atoms with Crippen LogP contribution in [-0.4, -0.2) is 59.6 Å². The lowest BCUT2D eigenvalue weighted by Gasteiger charge is -2.25. The maximum absolute atomic E-state index is 12.9. The number of nitrogens with zero attached hydrogens (tertiary/aromatic N) is 3. The molecule has 21 heavy (non-hydrogen) atoms. The molecule has 0 radical (unpaired) electrons. The third-order valence-corrected chi connectivity index (χ3v) is 4.60. The maximum atomic E-state index is 12.9. The first-order chi connectivity index (χ1) is 9.70. The maximum Gasteiger partial charge on any atom is 0.435 e. The molecule has 1 aliphatic heterocycles. The number of aromatic nitrogens is 1. The number of aromatic carboxylic acids is 1. The minimum Gasteiger partial charge on any atom is -0.477 e. The second-order valence-electron chi connectivity index (χ2n) is 5.14. The minimum absolute atomic E-state index is 0.205. The van der Waals surface area contributed by atoms with Crippen LogP contribution < -0.4 is 0 Å². The summed E-state index contributed by atoms with van der Waals surface area (Å²) >= 11 is 0.617. The summed E-state index contributed by atoms with van der Waals surface area (Å²) in [4.78, 5) is 17.8. The van der Waals surface area contributed by atoms with Gasteiger partial charge in [-0.2, -0.15) is 13.2 Å². The Morgan fingerprint density at radius 1 is 1.38 bits per heavy atom. The molecule has 5 nitrogen and oxygen atoms in total. The lowest BCUT2D eigenvalue weighted by atomic mass is 10.2. The number of carboxylic acids is 1. The molecule has 1 N–H and O–H groups in total. The van der Waals surface area contributed by atoms with E-state index in [1.807, 2.05) is 23.9 Å². The minimum atomic E-state index is -4.75. The van der Waals surface area contributed by atoms with Crippen LogP contribution in [0.15, 0.2) is 0 Å². The average Bonchev–Trinajstić information content (AvgIpc) is 2.73. The molecule has 1 aromatic heterocycles. The monoisotopic (exact) mass is 323 g/mol. The van der Waals surface area contributed by atoms with Crippen molar-refractivity contribution >= 4 is 17.3 Å². The van der Waals surface area contributed by atoms with Gasteiger partial charge in [0.25, 0.3) is 0 Å². The van der Waals surface area contributed by atoms with Gasteiger partial charge in [0.1, 0.15) is 9.88 Å². The normalized spacial score (nSPS) is 22.2. The lowest BCUT2D eigenvalue weighted by molar-refractivity contribution is -0.141. The molecule has 1 saturated heterocycles. The Hall–Kier alpha value is -1.19. The van der Waals surface area contributed by atoms with Crippen molar-refractivity contribution in [3.8, 4) is 0 Å². The number of carboxylic acid groups (broad SMARTS) is 1. The van der Waals surface area contributed by atoms with E-state index in [9.17, 15) is 18.0 Å². The fourth-order valence-corrected chi connectivity index (χ4v) is 3.44. The number of hydrogen-bond acceptors (Lipinski definition) is 5. The van der Waals surface area contributed by atoms with Gasteiger partial charge in [-0.1, -0.05) is 0 Å². The Bertz CT molecular complexity index is 532. The first-order valence-electron chi connectivity index (χ1n) is 6.40. The van der Waals surface area contributed by atoms with Crippen LogP contribution in [0.25, 0.3) is 0 Å². The van der Waals surface area contributed by atoms with Crippen molar-refractivity contribution in [2.45, 2.75) is 18.6 Å². The number of rotatable bonds is 2. The summed E-state index contributed by atoms with van der Waals surface area (Å²) in [6, 6.07) is -0.323. The molecule has 0 saturated carbocycles. The predicted molar refractivity (Wildman–Crippen MR) is 71.6 cm³/mol. The number of hydrogen-bond donors (Lipinski definition) is 1. The Morgan fingerprint density at radius 3 is 2.57 bits per heavy atom. The molecule has 9 heteroatoms. The highest BCUT2D eigenvalue weighted by molar-refractivity contribution is 7.13. The summed E-state index contributed by atoms with van der Waals surface area (Å²) < 4.78 is 38.7. The zero-order valence-corrected chi connectivity index (χ0v) is 12.5. The van der Waals surface area contributed by atoms with Crippen LogP contribution in [0.2, 0.25) is 0 Å². The van der Waals surface area contributed by atoms with Crippen molar-refractivity contribution in [2.24, 2.45) is 0 Å². The SMILES string of the molecule is CN1CCCN(C)C(c2nc(C(F)(F)F)c(C(=O)O)s2)C1. The topological polar surface area (TPSA) is 56.7 Å². The highest BCUT2D eigenvalue weighted by Crippen LogP contribution is 2.37. The predicted octanol–water partition coefficient (Wildman–Crippen LogP) is 2.17. The number of alkyl halides is 3. The van der Waals surface area contributed by atoms with Gasteiger partial charge in [0.2, 0.25) is 0 Å². The highest BCUT2D eigenvalue weighted by Gasteiger charge is 2.41. The molecule has 2 rings (SSSR count). The van der Waals surface area contributed by atoms with Gasteiger partial charge >= 0.3 is 12.1 Å². The standard InChI is InChI=1S/C12H16F3N3O2S/c1-17-4-3-5-18(2)7(6-17)10-16-9(12(13,14)15)8(21-10)11(19)20/h7H,3-6H2,1-2H3,(H,19,20). The van der Waals surface area contributed by atoms with Crippen molar-refractivity contribution in [1.29, 1.82) is 0 Å². The molecular formula is C12H16F3N3O2S. The van der Waals surface area contributed by atoms with Crippen LogP contribution in [0.3, 0.4) is 0 Å². The summed E-state index contributed by atoms with van der Waals surface area (Å²) in [6.07, 6.45) is -3.84. The van der Waals surface area contributed by atoms with Gasteiger partial charge in [0, 0.05) is 6.54 Å². The Morgan fingerprint density at radius 2 is 2.05 bits per heavy atom. The number of halogens is 3. The molecule has 0 aliphatic carbocycles. The summed E-state index contributed by atoms with van der Waals surface area (Å²) in [7, 11) is 3.71. The zero-order chi connectivity index (χ0) is 15.8. The van der Waals surface area contributed by atoms with Gasteiger partial charge in [-0.15, -0.1) is 11.3 Å². The fourth-order valence-electron chi connectivity index (χ4n) is 2.35. The molecule has 0 bridgehead atoms. The molecule has 0 spiro atoms. The molecule has 1 unspecified atom stereocenters. The van der Waals surface area contributed by atoms with Crippen LogP contribution >= 0.6 is 11.3 Å². The van der Waals surface area contributed by atoms with Gasteiger partial charge in [-0.25, -0.2) is 9.78 Å². The van der Waals surface area contributed by atoms with E-state index in [4.69, 9.17) is 5.11 Å². The molecule has 1 atom stereocenters. The van der Waals surface area contributed by atoms with Crippen molar-refractivity contribution < 1.29 is 23.1 Å². The second-order valence-corrected chi connectivity index (χ2v) is 6.18. The lowest BCUT2D eigenvalue weighted by Crippen LogP contribution is -2.30. The number of thiazole rings is 1. The molecule has 2 heterocycles. The van der Waals surface area contributed by atoms with E-state index in [1.54, 1.807) is 0 Å². The number of carbonyl (C=O) groups is 1. The van der Waals surface area contributed by atoms with E-state index in [-0.39, 0.29) is 11.0 Å². The third-order valence-electron chi connectivity index (χ3n) is 3.46. The van der Waals surface area contributed by atoms with E-state index in [2.05, 4.69) is 4.98 Å². The summed E-state index contributed by atoms with van der Waals surface area (Å²) in [6.45, 7) is 2.11.